The van der Waals surface area contributed by atoms with Gasteiger partial charge in [0.05, 0.1) is 17.2 Å². The van der Waals surface area contributed by atoms with Gasteiger partial charge in [-0.2, -0.15) is 18.4 Å². The standard InChI is InChI=1S/C15H17F3N2/c1-9(2)11-6-12(7-11)20-14-4-3-10(8-19)5-13(14)15(16,17)18/h3-5,9,11-12,20H,6-7H2,1-2H3. The molecule has 1 aromatic rings. The molecule has 0 bridgehead atoms. The number of alkyl halides is 3. The van der Waals surface area contributed by atoms with Crippen molar-refractivity contribution in [2.45, 2.75) is 38.9 Å². The molecule has 0 aromatic heterocycles. The summed E-state index contributed by atoms with van der Waals surface area (Å²) in [6, 6.07) is 5.50. The molecule has 2 nitrogen and oxygen atoms in total. The first kappa shape index (κ1) is 14.7. The Morgan fingerprint density at radius 3 is 2.45 bits per heavy atom. The Labute approximate surface area is 116 Å². The van der Waals surface area contributed by atoms with Crippen LogP contribution in [0.15, 0.2) is 18.2 Å². The molecule has 0 heterocycles. The van der Waals surface area contributed by atoms with Gasteiger partial charge in [-0.15, -0.1) is 0 Å². The van der Waals surface area contributed by atoms with E-state index in [0.717, 1.165) is 18.9 Å². The third-order valence-corrected chi connectivity index (χ3v) is 3.93. The van der Waals surface area contributed by atoms with Crippen LogP contribution in [0.3, 0.4) is 0 Å². The zero-order chi connectivity index (χ0) is 14.9. The number of benzene rings is 1. The molecule has 0 atom stereocenters. The van der Waals surface area contributed by atoms with Crippen molar-refractivity contribution in [2.75, 3.05) is 5.32 Å². The van der Waals surface area contributed by atoms with E-state index >= 15 is 0 Å². The Balaban J connectivity index is 2.15. The predicted octanol–water partition coefficient (Wildman–Crippen LogP) is 4.42. The largest absolute Gasteiger partial charge is 0.418 e. The minimum absolute atomic E-state index is 0.0246. The summed E-state index contributed by atoms with van der Waals surface area (Å²) in [4.78, 5) is 0. The summed E-state index contributed by atoms with van der Waals surface area (Å²) >= 11 is 0. The van der Waals surface area contributed by atoms with Gasteiger partial charge >= 0.3 is 6.18 Å². The Hall–Kier alpha value is -1.70. The molecule has 0 aliphatic heterocycles. The van der Waals surface area contributed by atoms with Crippen molar-refractivity contribution in [1.29, 1.82) is 5.26 Å². The number of hydrogen-bond acceptors (Lipinski definition) is 2. The molecule has 5 heteroatoms. The summed E-state index contributed by atoms with van der Waals surface area (Å²) in [6.45, 7) is 4.26. The van der Waals surface area contributed by atoms with Gasteiger partial charge in [0, 0.05) is 11.7 Å². The third-order valence-electron chi connectivity index (χ3n) is 3.93. The molecular weight excluding hydrogens is 265 g/mol. The minimum Gasteiger partial charge on any atom is -0.382 e. The molecule has 0 saturated heterocycles. The van der Waals surface area contributed by atoms with E-state index in [1.165, 1.54) is 12.1 Å². The van der Waals surface area contributed by atoms with Crippen LogP contribution >= 0.6 is 0 Å². The molecule has 0 unspecified atom stereocenters. The number of nitriles is 1. The van der Waals surface area contributed by atoms with Gasteiger partial charge in [0.25, 0.3) is 0 Å². The Morgan fingerprint density at radius 1 is 1.30 bits per heavy atom. The van der Waals surface area contributed by atoms with Gasteiger partial charge < -0.3 is 5.32 Å². The summed E-state index contributed by atoms with van der Waals surface area (Å²) in [5.74, 6) is 1.15. The van der Waals surface area contributed by atoms with Crippen molar-refractivity contribution < 1.29 is 13.2 Å². The summed E-state index contributed by atoms with van der Waals surface area (Å²) in [5.41, 5.74) is -0.662. The highest BCUT2D eigenvalue weighted by atomic mass is 19.4. The van der Waals surface area contributed by atoms with E-state index in [1.54, 1.807) is 6.07 Å². The van der Waals surface area contributed by atoms with Gasteiger partial charge in [0.15, 0.2) is 0 Å². The molecule has 1 fully saturated rings. The maximum absolute atomic E-state index is 13.0. The molecule has 0 amide bonds. The molecule has 1 aromatic carbocycles. The average molecular weight is 282 g/mol. The average Bonchev–Trinajstić information content (AvgIpc) is 2.31. The maximum atomic E-state index is 13.0. The first-order chi connectivity index (χ1) is 9.31. The van der Waals surface area contributed by atoms with Crippen LogP contribution in [0.4, 0.5) is 18.9 Å². The number of anilines is 1. The Morgan fingerprint density at radius 2 is 1.95 bits per heavy atom. The molecule has 1 N–H and O–H groups in total. The number of nitrogens with one attached hydrogen (secondary N) is 1. The van der Waals surface area contributed by atoms with E-state index in [0.29, 0.717) is 11.8 Å². The molecule has 20 heavy (non-hydrogen) atoms. The molecule has 0 spiro atoms. The van der Waals surface area contributed by atoms with Crippen LogP contribution in [0.25, 0.3) is 0 Å². The summed E-state index contributed by atoms with van der Waals surface area (Å²) < 4.78 is 39.0. The monoisotopic (exact) mass is 282 g/mol. The highest BCUT2D eigenvalue weighted by Crippen LogP contribution is 2.39. The van der Waals surface area contributed by atoms with Gasteiger partial charge in [-0.3, -0.25) is 0 Å². The molecule has 2 rings (SSSR count). The fourth-order valence-electron chi connectivity index (χ4n) is 2.52. The van der Waals surface area contributed by atoms with Crippen molar-refractivity contribution in [2.24, 2.45) is 11.8 Å². The van der Waals surface area contributed by atoms with E-state index in [-0.39, 0.29) is 17.3 Å². The van der Waals surface area contributed by atoms with Crippen molar-refractivity contribution in [3.05, 3.63) is 29.3 Å². The van der Waals surface area contributed by atoms with Crippen molar-refractivity contribution >= 4 is 5.69 Å². The van der Waals surface area contributed by atoms with Gasteiger partial charge in [0.2, 0.25) is 0 Å². The molecule has 0 radical (unpaired) electrons. The minimum atomic E-state index is -4.45. The van der Waals surface area contributed by atoms with E-state index in [2.05, 4.69) is 19.2 Å². The lowest BCUT2D eigenvalue weighted by Gasteiger charge is -2.39. The fourth-order valence-corrected chi connectivity index (χ4v) is 2.52. The third kappa shape index (κ3) is 3.06. The molecular formula is C15H17F3N2. The lowest BCUT2D eigenvalue weighted by atomic mass is 9.73. The Kier molecular flexibility index (Phi) is 3.94. The van der Waals surface area contributed by atoms with E-state index < -0.39 is 11.7 Å². The van der Waals surface area contributed by atoms with Gasteiger partial charge in [0.1, 0.15) is 0 Å². The highest BCUT2D eigenvalue weighted by Gasteiger charge is 2.36. The second-order valence-corrected chi connectivity index (χ2v) is 5.69. The smallest absolute Gasteiger partial charge is 0.382 e. The molecule has 1 aliphatic rings. The number of hydrogen-bond donors (Lipinski definition) is 1. The van der Waals surface area contributed by atoms with E-state index in [4.69, 9.17) is 5.26 Å². The van der Waals surface area contributed by atoms with Crippen LogP contribution in [0, 0.1) is 23.2 Å². The normalized spacial score (nSPS) is 22.2. The quantitative estimate of drug-likeness (QED) is 0.890. The van der Waals surface area contributed by atoms with Crippen LogP contribution in [0.5, 0.6) is 0 Å². The lowest BCUT2D eigenvalue weighted by molar-refractivity contribution is -0.137. The van der Waals surface area contributed by atoms with Gasteiger partial charge in [-0.25, -0.2) is 0 Å². The number of halogens is 3. The van der Waals surface area contributed by atoms with E-state index in [1.807, 2.05) is 0 Å². The predicted molar refractivity (Wildman–Crippen MR) is 71.1 cm³/mol. The van der Waals surface area contributed by atoms with Crippen LogP contribution in [0.1, 0.15) is 37.8 Å². The van der Waals surface area contributed by atoms with Crippen LogP contribution < -0.4 is 5.32 Å². The summed E-state index contributed by atoms with van der Waals surface area (Å²) in [5, 5.41) is 11.7. The molecule has 1 aliphatic carbocycles. The lowest BCUT2D eigenvalue weighted by Crippen LogP contribution is -2.38. The zero-order valence-electron chi connectivity index (χ0n) is 11.5. The number of rotatable bonds is 3. The van der Waals surface area contributed by atoms with Crippen molar-refractivity contribution in [3.8, 4) is 6.07 Å². The summed E-state index contributed by atoms with van der Waals surface area (Å²) in [7, 11) is 0. The Bertz CT molecular complexity index is 523. The van der Waals surface area contributed by atoms with Crippen LogP contribution in [-0.2, 0) is 6.18 Å². The van der Waals surface area contributed by atoms with Gasteiger partial charge in [-0.1, -0.05) is 13.8 Å². The molecule has 108 valence electrons. The SMILES string of the molecule is CC(C)C1CC(Nc2ccc(C#N)cc2C(F)(F)F)C1. The first-order valence-electron chi connectivity index (χ1n) is 6.69. The second-order valence-electron chi connectivity index (χ2n) is 5.69. The van der Waals surface area contributed by atoms with Crippen molar-refractivity contribution in [1.82, 2.24) is 0 Å². The highest BCUT2D eigenvalue weighted by molar-refractivity contribution is 5.56. The van der Waals surface area contributed by atoms with Gasteiger partial charge in [-0.05, 0) is 42.9 Å². The van der Waals surface area contributed by atoms with Crippen molar-refractivity contribution in [3.63, 3.8) is 0 Å². The van der Waals surface area contributed by atoms with Crippen LogP contribution in [0.2, 0.25) is 0 Å². The zero-order valence-corrected chi connectivity index (χ0v) is 11.5. The van der Waals surface area contributed by atoms with Crippen LogP contribution in [-0.4, -0.2) is 6.04 Å². The number of nitrogens with zero attached hydrogens (tertiary/aromatic N) is 1. The fraction of sp³-hybridized carbons (Fsp3) is 0.533. The maximum Gasteiger partial charge on any atom is 0.418 e. The second kappa shape index (κ2) is 5.35. The molecule has 1 saturated carbocycles. The first-order valence-corrected chi connectivity index (χ1v) is 6.69. The van der Waals surface area contributed by atoms with E-state index in [9.17, 15) is 13.2 Å². The summed E-state index contributed by atoms with van der Waals surface area (Å²) in [6.07, 6.45) is -2.65. The topological polar surface area (TPSA) is 35.8 Å².